The van der Waals surface area contributed by atoms with Gasteiger partial charge in [-0.05, 0) is 34.5 Å². The molecular weight excluding hydrogens is 262 g/mol. The summed E-state index contributed by atoms with van der Waals surface area (Å²) in [5, 5.41) is 4.44. The van der Waals surface area contributed by atoms with E-state index in [2.05, 4.69) is 22.9 Å². The van der Waals surface area contributed by atoms with Gasteiger partial charge in [-0.1, -0.05) is 12.1 Å². The molecule has 18 heavy (non-hydrogen) atoms. The van der Waals surface area contributed by atoms with Crippen molar-refractivity contribution < 1.29 is 4.79 Å². The summed E-state index contributed by atoms with van der Waals surface area (Å²) in [6.07, 6.45) is 0.562. The molecule has 1 aliphatic heterocycles. The van der Waals surface area contributed by atoms with Crippen molar-refractivity contribution in [3.8, 4) is 0 Å². The van der Waals surface area contributed by atoms with E-state index in [1.54, 1.807) is 28.0 Å². The molecule has 2 aromatic rings. The van der Waals surface area contributed by atoms with Gasteiger partial charge in [0, 0.05) is 23.6 Å². The van der Waals surface area contributed by atoms with Gasteiger partial charge in [-0.2, -0.15) is 11.3 Å². The van der Waals surface area contributed by atoms with E-state index in [9.17, 15) is 4.79 Å². The lowest BCUT2D eigenvalue weighted by atomic mass is 10.1. The van der Waals surface area contributed by atoms with E-state index in [-0.39, 0.29) is 11.2 Å². The molecule has 1 atom stereocenters. The highest BCUT2D eigenvalue weighted by Crippen LogP contribution is 2.45. The molecule has 1 aliphatic rings. The summed E-state index contributed by atoms with van der Waals surface area (Å²) in [5.41, 5.74) is 2.27. The molecule has 0 N–H and O–H groups in total. The first-order valence-corrected chi connectivity index (χ1v) is 7.62. The number of thioether (sulfide) groups is 1. The summed E-state index contributed by atoms with van der Waals surface area (Å²) in [4.78, 5) is 15.2. The first-order valence-electron chi connectivity index (χ1n) is 5.80. The number of rotatable bonds is 1. The first-order chi connectivity index (χ1) is 8.75. The Morgan fingerprint density at radius 1 is 1.28 bits per heavy atom. The van der Waals surface area contributed by atoms with Crippen LogP contribution >= 0.6 is 23.1 Å². The van der Waals surface area contributed by atoms with Crippen LogP contribution in [0.5, 0.6) is 0 Å². The van der Waals surface area contributed by atoms with Crippen molar-refractivity contribution in [2.24, 2.45) is 0 Å². The number of amides is 1. The number of para-hydroxylation sites is 1. The Morgan fingerprint density at radius 2 is 2.11 bits per heavy atom. The summed E-state index contributed by atoms with van der Waals surface area (Å²) in [7, 11) is 1.86. The third-order valence-corrected chi connectivity index (χ3v) is 5.17. The fourth-order valence-electron chi connectivity index (χ4n) is 2.10. The number of hydrogen-bond acceptors (Lipinski definition) is 3. The van der Waals surface area contributed by atoms with Gasteiger partial charge in [0.25, 0.3) is 0 Å². The topological polar surface area (TPSA) is 20.3 Å². The average Bonchev–Trinajstić information content (AvgIpc) is 2.87. The normalized spacial score (nSPS) is 19.5. The molecule has 1 aromatic heterocycles. The zero-order valence-corrected chi connectivity index (χ0v) is 11.6. The second-order valence-electron chi connectivity index (χ2n) is 4.29. The third kappa shape index (κ3) is 2.06. The standard InChI is InChI=1S/C14H13NOS2/c1-15-11-4-2-3-5-12(11)18-13(8-14(15)16)10-6-7-17-9-10/h2-7,9,13H,8H2,1H3/t13-/m1/s1. The summed E-state index contributed by atoms with van der Waals surface area (Å²) >= 11 is 3.47. The molecule has 0 saturated heterocycles. The summed E-state index contributed by atoms with van der Waals surface area (Å²) in [6, 6.07) is 10.2. The van der Waals surface area contributed by atoms with Crippen molar-refractivity contribution in [3.05, 3.63) is 46.7 Å². The van der Waals surface area contributed by atoms with Gasteiger partial charge in [-0.3, -0.25) is 4.79 Å². The number of thiophene rings is 1. The van der Waals surface area contributed by atoms with E-state index in [4.69, 9.17) is 0 Å². The van der Waals surface area contributed by atoms with Crippen LogP contribution in [0.15, 0.2) is 46.0 Å². The van der Waals surface area contributed by atoms with Gasteiger partial charge < -0.3 is 4.90 Å². The van der Waals surface area contributed by atoms with E-state index >= 15 is 0 Å². The van der Waals surface area contributed by atoms with Gasteiger partial charge in [0.05, 0.1) is 5.69 Å². The van der Waals surface area contributed by atoms with Crippen LogP contribution in [-0.2, 0) is 4.79 Å². The Labute approximate surface area is 115 Å². The molecule has 0 radical (unpaired) electrons. The lowest BCUT2D eigenvalue weighted by Crippen LogP contribution is -2.25. The van der Waals surface area contributed by atoms with Gasteiger partial charge in [0.2, 0.25) is 5.91 Å². The minimum Gasteiger partial charge on any atom is -0.314 e. The number of anilines is 1. The fourth-order valence-corrected chi connectivity index (χ4v) is 4.20. The number of nitrogens with zero attached hydrogens (tertiary/aromatic N) is 1. The summed E-state index contributed by atoms with van der Waals surface area (Å²) in [5.74, 6) is 0.184. The smallest absolute Gasteiger partial charge is 0.228 e. The zero-order valence-electron chi connectivity index (χ0n) is 10.00. The highest BCUT2D eigenvalue weighted by atomic mass is 32.2. The predicted octanol–water partition coefficient (Wildman–Crippen LogP) is 3.95. The van der Waals surface area contributed by atoms with Gasteiger partial charge in [-0.25, -0.2) is 0 Å². The number of hydrogen-bond donors (Lipinski definition) is 0. The van der Waals surface area contributed by atoms with Gasteiger partial charge in [-0.15, -0.1) is 11.8 Å². The van der Waals surface area contributed by atoms with Crippen LogP contribution in [-0.4, -0.2) is 13.0 Å². The maximum Gasteiger partial charge on any atom is 0.228 e. The van der Waals surface area contributed by atoms with Crippen LogP contribution < -0.4 is 4.90 Å². The molecular formula is C14H13NOS2. The first kappa shape index (κ1) is 11.8. The van der Waals surface area contributed by atoms with E-state index in [0.717, 1.165) is 5.69 Å². The van der Waals surface area contributed by atoms with Crippen molar-refractivity contribution in [1.82, 2.24) is 0 Å². The molecule has 2 nitrogen and oxygen atoms in total. The molecule has 4 heteroatoms. The molecule has 2 heterocycles. The molecule has 0 bridgehead atoms. The molecule has 92 valence electrons. The third-order valence-electron chi connectivity index (χ3n) is 3.14. The summed E-state index contributed by atoms with van der Waals surface area (Å²) in [6.45, 7) is 0. The van der Waals surface area contributed by atoms with Crippen molar-refractivity contribution in [1.29, 1.82) is 0 Å². The fraction of sp³-hybridized carbons (Fsp3) is 0.214. The molecule has 3 rings (SSSR count). The monoisotopic (exact) mass is 275 g/mol. The molecule has 0 aliphatic carbocycles. The van der Waals surface area contributed by atoms with E-state index < -0.39 is 0 Å². The second-order valence-corrected chi connectivity index (χ2v) is 6.31. The lowest BCUT2D eigenvalue weighted by Gasteiger charge is -2.16. The van der Waals surface area contributed by atoms with Crippen molar-refractivity contribution in [3.63, 3.8) is 0 Å². The van der Waals surface area contributed by atoms with Gasteiger partial charge >= 0.3 is 0 Å². The minimum absolute atomic E-state index is 0.184. The van der Waals surface area contributed by atoms with Gasteiger partial charge in [0.15, 0.2) is 0 Å². The van der Waals surface area contributed by atoms with Crippen molar-refractivity contribution in [2.45, 2.75) is 16.6 Å². The highest BCUT2D eigenvalue weighted by molar-refractivity contribution is 7.99. The predicted molar refractivity (Wildman–Crippen MR) is 77.4 cm³/mol. The maximum absolute atomic E-state index is 12.2. The second kappa shape index (κ2) is 4.78. The Bertz CT molecular complexity index is 565. The average molecular weight is 275 g/mol. The SMILES string of the molecule is CN1C(=O)C[C@H](c2ccsc2)Sc2ccccc21. The number of carbonyl (C=O) groups excluding carboxylic acids is 1. The van der Waals surface area contributed by atoms with E-state index in [1.165, 1.54) is 10.5 Å². The maximum atomic E-state index is 12.2. The Hall–Kier alpha value is -1.26. The van der Waals surface area contributed by atoms with Crippen LogP contribution in [0.25, 0.3) is 0 Å². The molecule has 1 amide bonds. The van der Waals surface area contributed by atoms with Crippen molar-refractivity contribution >= 4 is 34.7 Å². The Morgan fingerprint density at radius 3 is 2.89 bits per heavy atom. The van der Waals surface area contributed by atoms with Gasteiger partial charge in [0.1, 0.15) is 0 Å². The molecule has 0 fully saturated rings. The number of fused-ring (bicyclic) bond motifs is 1. The van der Waals surface area contributed by atoms with Crippen LogP contribution in [0.1, 0.15) is 17.2 Å². The molecule has 0 unspecified atom stereocenters. The largest absolute Gasteiger partial charge is 0.314 e. The van der Waals surface area contributed by atoms with E-state index in [0.29, 0.717) is 6.42 Å². The molecule has 1 aromatic carbocycles. The molecule has 0 saturated carbocycles. The number of carbonyl (C=O) groups is 1. The van der Waals surface area contributed by atoms with Crippen LogP contribution in [0.4, 0.5) is 5.69 Å². The highest BCUT2D eigenvalue weighted by Gasteiger charge is 2.26. The quantitative estimate of drug-likeness (QED) is 0.785. The van der Waals surface area contributed by atoms with Crippen LogP contribution in [0.2, 0.25) is 0 Å². The Kier molecular flexibility index (Phi) is 3.14. The van der Waals surface area contributed by atoms with Crippen LogP contribution in [0, 0.1) is 0 Å². The van der Waals surface area contributed by atoms with Crippen LogP contribution in [0.3, 0.4) is 0 Å². The van der Waals surface area contributed by atoms with Crippen molar-refractivity contribution in [2.75, 3.05) is 11.9 Å². The zero-order chi connectivity index (χ0) is 12.5. The molecule has 0 spiro atoms. The van der Waals surface area contributed by atoms with E-state index in [1.807, 2.05) is 25.2 Å². The minimum atomic E-state index is 0.184. The Balaban J connectivity index is 2.02. The lowest BCUT2D eigenvalue weighted by molar-refractivity contribution is -0.118. The number of benzene rings is 1. The summed E-state index contributed by atoms with van der Waals surface area (Å²) < 4.78 is 0.